The van der Waals surface area contributed by atoms with E-state index in [0.717, 1.165) is 31.1 Å². The molecule has 124 valence electrons. The van der Waals surface area contributed by atoms with E-state index in [1.54, 1.807) is 6.92 Å². The number of piperazine rings is 1. The molecule has 0 radical (unpaired) electrons. The molecule has 8 heteroatoms. The zero-order valence-electron chi connectivity index (χ0n) is 12.4. The molecule has 1 aromatic rings. The van der Waals surface area contributed by atoms with Crippen LogP contribution in [0.3, 0.4) is 0 Å². The summed E-state index contributed by atoms with van der Waals surface area (Å²) in [5.41, 5.74) is 1.20. The monoisotopic (exact) mass is 354 g/mol. The fraction of sp³-hybridized carbons (Fsp3) is 0.500. The van der Waals surface area contributed by atoms with E-state index in [2.05, 4.69) is 17.0 Å². The minimum Gasteiger partial charge on any atom is -0.368 e. The maximum Gasteiger partial charge on any atom is 0.386 e. The molecular weight excluding hydrogens is 337 g/mol. The van der Waals surface area contributed by atoms with Gasteiger partial charge in [0.2, 0.25) is 5.91 Å². The summed E-state index contributed by atoms with van der Waals surface area (Å²) in [4.78, 5) is 16.5. The SMILES string of the molecule is CC(=O)N1CCN(c2ccc(SCl)cc2)CC1.CC(F)(F)F. The first kappa shape index (κ1) is 19.0. The number of hydrogen-bond acceptors (Lipinski definition) is 3. The number of halogens is 4. The van der Waals surface area contributed by atoms with Crippen molar-refractivity contribution in [2.24, 2.45) is 0 Å². The average Bonchev–Trinajstić information content (AvgIpc) is 2.46. The molecule has 0 N–H and O–H groups in total. The molecule has 2 rings (SSSR count). The molecule has 1 fully saturated rings. The molecule has 1 aliphatic heterocycles. The van der Waals surface area contributed by atoms with Crippen LogP contribution in [-0.2, 0) is 4.79 Å². The average molecular weight is 355 g/mol. The normalized spacial score (nSPS) is 15.2. The summed E-state index contributed by atoms with van der Waals surface area (Å²) in [5.74, 6) is 0.165. The number of benzene rings is 1. The molecule has 3 nitrogen and oxygen atoms in total. The third-order valence-corrected chi connectivity index (χ3v) is 4.00. The lowest BCUT2D eigenvalue weighted by Gasteiger charge is -2.35. The number of rotatable bonds is 2. The van der Waals surface area contributed by atoms with Crippen molar-refractivity contribution < 1.29 is 18.0 Å². The number of nitrogens with zero attached hydrogens (tertiary/aromatic N) is 2. The summed E-state index contributed by atoms with van der Waals surface area (Å²) in [6.07, 6.45) is -4.00. The number of amides is 1. The van der Waals surface area contributed by atoms with Gasteiger partial charge in [0.25, 0.3) is 0 Å². The lowest BCUT2D eigenvalue weighted by molar-refractivity contribution is -0.129. The van der Waals surface area contributed by atoms with E-state index in [1.807, 2.05) is 17.0 Å². The lowest BCUT2D eigenvalue weighted by atomic mass is 10.2. The van der Waals surface area contributed by atoms with Crippen molar-refractivity contribution >= 4 is 33.3 Å². The highest BCUT2D eigenvalue weighted by Gasteiger charge is 2.18. The summed E-state index contributed by atoms with van der Waals surface area (Å²) in [6, 6.07) is 8.19. The van der Waals surface area contributed by atoms with Crippen LogP contribution in [0.1, 0.15) is 13.8 Å². The molecule has 0 aliphatic carbocycles. The van der Waals surface area contributed by atoms with Crippen LogP contribution < -0.4 is 4.90 Å². The summed E-state index contributed by atoms with van der Waals surface area (Å²) in [6.45, 7) is 5.22. The van der Waals surface area contributed by atoms with Gasteiger partial charge in [-0.2, -0.15) is 13.2 Å². The summed E-state index contributed by atoms with van der Waals surface area (Å²) < 4.78 is 31.1. The maximum atomic E-state index is 11.2. The first-order valence-corrected chi connectivity index (χ1v) is 8.31. The number of alkyl halides is 3. The Morgan fingerprint density at radius 3 is 1.95 bits per heavy atom. The van der Waals surface area contributed by atoms with E-state index in [4.69, 9.17) is 10.7 Å². The first-order chi connectivity index (χ1) is 10.2. The van der Waals surface area contributed by atoms with Crippen molar-refractivity contribution in [2.45, 2.75) is 24.9 Å². The van der Waals surface area contributed by atoms with E-state index in [1.165, 1.54) is 16.7 Å². The van der Waals surface area contributed by atoms with Crippen LogP contribution in [0.15, 0.2) is 29.2 Å². The van der Waals surface area contributed by atoms with E-state index in [-0.39, 0.29) is 12.8 Å². The Morgan fingerprint density at radius 2 is 1.59 bits per heavy atom. The minimum atomic E-state index is -4.00. The van der Waals surface area contributed by atoms with Gasteiger partial charge in [-0.25, -0.2) is 0 Å². The van der Waals surface area contributed by atoms with Crippen molar-refractivity contribution in [3.8, 4) is 0 Å². The van der Waals surface area contributed by atoms with Gasteiger partial charge in [0.1, 0.15) is 0 Å². The highest BCUT2D eigenvalue weighted by atomic mass is 35.7. The Hall–Kier alpha value is -1.08. The van der Waals surface area contributed by atoms with Crippen molar-refractivity contribution in [3.05, 3.63) is 24.3 Å². The smallest absolute Gasteiger partial charge is 0.368 e. The van der Waals surface area contributed by atoms with E-state index in [0.29, 0.717) is 0 Å². The Kier molecular flexibility index (Phi) is 7.35. The highest BCUT2D eigenvalue weighted by Crippen LogP contribution is 2.25. The van der Waals surface area contributed by atoms with Crippen molar-refractivity contribution in [1.82, 2.24) is 4.90 Å². The lowest BCUT2D eigenvalue weighted by Crippen LogP contribution is -2.48. The van der Waals surface area contributed by atoms with Gasteiger partial charge in [-0.05, 0) is 45.9 Å². The Bertz CT molecular complexity index is 468. The van der Waals surface area contributed by atoms with Gasteiger partial charge in [-0.15, -0.1) is 0 Å². The summed E-state index contributed by atoms with van der Waals surface area (Å²) in [7, 11) is 6.91. The van der Waals surface area contributed by atoms with E-state index < -0.39 is 6.18 Å². The van der Waals surface area contributed by atoms with Gasteiger partial charge in [-0.3, -0.25) is 4.79 Å². The van der Waals surface area contributed by atoms with E-state index >= 15 is 0 Å². The molecule has 0 saturated carbocycles. The zero-order chi connectivity index (χ0) is 16.8. The van der Waals surface area contributed by atoms with Gasteiger partial charge < -0.3 is 9.80 Å². The molecule has 22 heavy (non-hydrogen) atoms. The second kappa shape index (κ2) is 8.53. The van der Waals surface area contributed by atoms with E-state index in [9.17, 15) is 18.0 Å². The van der Waals surface area contributed by atoms with Crippen LogP contribution in [0.2, 0.25) is 0 Å². The van der Waals surface area contributed by atoms with Gasteiger partial charge in [0.15, 0.2) is 0 Å². The van der Waals surface area contributed by atoms with Crippen LogP contribution in [0.5, 0.6) is 0 Å². The van der Waals surface area contributed by atoms with Gasteiger partial charge in [0, 0.05) is 50.6 Å². The Morgan fingerprint density at radius 1 is 1.14 bits per heavy atom. The zero-order valence-corrected chi connectivity index (χ0v) is 13.9. The van der Waals surface area contributed by atoms with Crippen molar-refractivity contribution in [1.29, 1.82) is 0 Å². The number of carbonyl (C=O) groups excluding carboxylic acids is 1. The second-order valence-corrected chi connectivity index (χ2v) is 5.93. The quantitative estimate of drug-likeness (QED) is 0.796. The molecule has 0 atom stereocenters. The minimum absolute atomic E-state index is 0.165. The molecule has 0 unspecified atom stereocenters. The number of anilines is 1. The van der Waals surface area contributed by atoms with Crippen LogP contribution in [0, 0.1) is 0 Å². The third kappa shape index (κ3) is 7.26. The number of hydrogen-bond donors (Lipinski definition) is 0. The molecule has 0 spiro atoms. The summed E-state index contributed by atoms with van der Waals surface area (Å²) >= 11 is 0. The van der Waals surface area contributed by atoms with Gasteiger partial charge in [0.05, 0.1) is 0 Å². The van der Waals surface area contributed by atoms with Crippen LogP contribution in [0.25, 0.3) is 0 Å². The molecule has 0 aromatic heterocycles. The van der Waals surface area contributed by atoms with Crippen LogP contribution in [-0.4, -0.2) is 43.2 Å². The second-order valence-electron chi connectivity index (χ2n) is 4.85. The molecular formula is C14H18ClF3N2OS. The molecule has 1 aromatic carbocycles. The van der Waals surface area contributed by atoms with Crippen molar-refractivity contribution in [3.63, 3.8) is 0 Å². The predicted octanol–water partition coefficient (Wildman–Crippen LogP) is 4.17. The number of carbonyl (C=O) groups is 1. The van der Waals surface area contributed by atoms with Crippen LogP contribution >= 0.6 is 21.7 Å². The summed E-state index contributed by atoms with van der Waals surface area (Å²) in [5, 5.41) is 0. The molecule has 1 saturated heterocycles. The molecule has 0 bridgehead atoms. The van der Waals surface area contributed by atoms with Gasteiger partial charge in [-0.1, -0.05) is 0 Å². The molecule has 1 amide bonds. The maximum absolute atomic E-state index is 11.2. The topological polar surface area (TPSA) is 23.6 Å². The van der Waals surface area contributed by atoms with Crippen molar-refractivity contribution in [2.75, 3.05) is 31.1 Å². The third-order valence-electron chi connectivity index (χ3n) is 3.02. The Balaban J connectivity index is 0.000000422. The highest BCUT2D eigenvalue weighted by molar-refractivity contribution is 8.21. The fourth-order valence-corrected chi connectivity index (χ4v) is 2.54. The molecule has 1 heterocycles. The molecule has 1 aliphatic rings. The standard InChI is InChI=1S/C12H15ClN2OS.C2H3F3/c1-10(16)14-6-8-15(9-7-14)11-2-4-12(17-13)5-3-11;1-2(3,4)5/h2-5H,6-9H2,1H3;1H3. The largest absolute Gasteiger partial charge is 0.386 e. The first-order valence-electron chi connectivity index (χ1n) is 6.66. The van der Waals surface area contributed by atoms with Gasteiger partial charge >= 0.3 is 6.18 Å². The van der Waals surface area contributed by atoms with Crippen LogP contribution in [0.4, 0.5) is 18.9 Å². The Labute approximate surface area is 136 Å². The predicted molar refractivity (Wildman–Crippen MR) is 84.3 cm³/mol. The fourth-order valence-electron chi connectivity index (χ4n) is 1.99.